The standard InChI is InChI=1S/C28H29N3O3/c1-3-4-5-10-23-27(22-13-12-20-8-6-7-9-21(20)30-22)26(28(29)32)18(2)31(23)16-19-11-14-24-25(15-19)34-17-33-24/h6-9,11-15H,3-5,10,16-17H2,1-2H3,(H2,29,32). The highest BCUT2D eigenvalue weighted by molar-refractivity contribution is 6.02. The van der Waals surface area contributed by atoms with Crippen LogP contribution in [0.3, 0.4) is 0 Å². The number of amides is 1. The fraction of sp³-hybridized carbons (Fsp3) is 0.286. The van der Waals surface area contributed by atoms with Crippen LogP contribution in [0.1, 0.15) is 53.5 Å². The first kappa shape index (κ1) is 22.0. The Morgan fingerprint density at radius 3 is 2.71 bits per heavy atom. The van der Waals surface area contributed by atoms with Crippen molar-refractivity contribution >= 4 is 16.8 Å². The highest BCUT2D eigenvalue weighted by Crippen LogP contribution is 2.36. The number of primary amides is 1. The van der Waals surface area contributed by atoms with E-state index in [4.69, 9.17) is 20.2 Å². The predicted octanol–water partition coefficient (Wildman–Crippen LogP) is 5.62. The van der Waals surface area contributed by atoms with Crippen LogP contribution in [0.15, 0.2) is 54.6 Å². The highest BCUT2D eigenvalue weighted by Gasteiger charge is 2.26. The number of carbonyl (C=O) groups is 1. The van der Waals surface area contributed by atoms with Gasteiger partial charge in [0, 0.05) is 28.9 Å². The van der Waals surface area contributed by atoms with Crippen molar-refractivity contribution in [2.45, 2.75) is 46.1 Å². The van der Waals surface area contributed by atoms with E-state index in [9.17, 15) is 4.79 Å². The summed E-state index contributed by atoms with van der Waals surface area (Å²) in [5.41, 5.74) is 12.1. The number of para-hydroxylation sites is 1. The van der Waals surface area contributed by atoms with Crippen LogP contribution >= 0.6 is 0 Å². The van der Waals surface area contributed by atoms with Crippen molar-refractivity contribution in [3.8, 4) is 22.8 Å². The van der Waals surface area contributed by atoms with Gasteiger partial charge < -0.3 is 19.8 Å². The topological polar surface area (TPSA) is 79.4 Å². The van der Waals surface area contributed by atoms with E-state index in [2.05, 4.69) is 17.6 Å². The third kappa shape index (κ3) is 4.00. The Kier molecular flexibility index (Phi) is 5.97. The molecule has 1 amide bonds. The third-order valence-corrected chi connectivity index (χ3v) is 6.53. The first-order valence-electron chi connectivity index (χ1n) is 11.8. The van der Waals surface area contributed by atoms with Crippen LogP contribution in [0.25, 0.3) is 22.2 Å². The molecule has 3 heterocycles. The second kappa shape index (κ2) is 9.21. The molecule has 0 fully saturated rings. The lowest BCUT2D eigenvalue weighted by molar-refractivity contribution is 0.1000. The number of pyridine rings is 1. The molecule has 2 N–H and O–H groups in total. The second-order valence-electron chi connectivity index (χ2n) is 8.77. The maximum absolute atomic E-state index is 12.7. The van der Waals surface area contributed by atoms with E-state index in [0.717, 1.165) is 76.3 Å². The normalized spacial score (nSPS) is 12.4. The number of aromatic nitrogens is 2. The molecule has 5 rings (SSSR count). The summed E-state index contributed by atoms with van der Waals surface area (Å²) >= 11 is 0. The number of nitrogens with zero attached hydrogens (tertiary/aromatic N) is 2. The molecule has 0 spiro atoms. The molecule has 1 aliphatic rings. The monoisotopic (exact) mass is 455 g/mol. The average Bonchev–Trinajstić information content (AvgIpc) is 3.41. The van der Waals surface area contributed by atoms with E-state index >= 15 is 0 Å². The van der Waals surface area contributed by atoms with Crippen LogP contribution in [0, 0.1) is 6.92 Å². The minimum atomic E-state index is -0.427. The molecule has 0 aliphatic carbocycles. The number of benzene rings is 2. The van der Waals surface area contributed by atoms with Crippen LogP contribution in [0.5, 0.6) is 11.5 Å². The van der Waals surface area contributed by atoms with Crippen molar-refractivity contribution < 1.29 is 14.3 Å². The van der Waals surface area contributed by atoms with Gasteiger partial charge in [-0.2, -0.15) is 0 Å². The first-order chi connectivity index (χ1) is 16.6. The lowest BCUT2D eigenvalue weighted by atomic mass is 10.0. The molecule has 4 aromatic rings. The molecule has 6 heteroatoms. The number of unbranched alkanes of at least 4 members (excludes halogenated alkanes) is 2. The van der Waals surface area contributed by atoms with Gasteiger partial charge in [0.25, 0.3) is 5.91 Å². The molecule has 0 saturated carbocycles. The largest absolute Gasteiger partial charge is 0.454 e. The van der Waals surface area contributed by atoms with Gasteiger partial charge in [0.15, 0.2) is 11.5 Å². The second-order valence-corrected chi connectivity index (χ2v) is 8.77. The van der Waals surface area contributed by atoms with Gasteiger partial charge in [-0.05, 0) is 49.6 Å². The molecule has 1 aliphatic heterocycles. The molecule has 0 unspecified atom stereocenters. The van der Waals surface area contributed by atoms with E-state index in [1.165, 1.54) is 0 Å². The maximum atomic E-state index is 12.7. The molecular formula is C28H29N3O3. The Labute approximate surface area is 199 Å². The minimum absolute atomic E-state index is 0.243. The van der Waals surface area contributed by atoms with E-state index in [-0.39, 0.29) is 6.79 Å². The van der Waals surface area contributed by atoms with Crippen LogP contribution in [-0.2, 0) is 13.0 Å². The summed E-state index contributed by atoms with van der Waals surface area (Å²) in [6, 6.07) is 18.1. The maximum Gasteiger partial charge on any atom is 0.251 e. The molecular weight excluding hydrogens is 426 g/mol. The van der Waals surface area contributed by atoms with Gasteiger partial charge in [0.2, 0.25) is 6.79 Å². The van der Waals surface area contributed by atoms with Crippen molar-refractivity contribution in [1.29, 1.82) is 0 Å². The Morgan fingerprint density at radius 2 is 1.88 bits per heavy atom. The van der Waals surface area contributed by atoms with E-state index in [1.54, 1.807) is 0 Å². The van der Waals surface area contributed by atoms with Crippen molar-refractivity contribution in [3.63, 3.8) is 0 Å². The number of fused-ring (bicyclic) bond motifs is 2. The number of carbonyl (C=O) groups excluding carboxylic acids is 1. The van der Waals surface area contributed by atoms with Gasteiger partial charge in [-0.1, -0.05) is 50.1 Å². The number of nitrogens with two attached hydrogens (primary N) is 1. The third-order valence-electron chi connectivity index (χ3n) is 6.53. The van der Waals surface area contributed by atoms with Gasteiger partial charge in [0.05, 0.1) is 16.8 Å². The zero-order valence-electron chi connectivity index (χ0n) is 19.6. The van der Waals surface area contributed by atoms with Crippen molar-refractivity contribution in [2.24, 2.45) is 5.73 Å². The molecule has 6 nitrogen and oxygen atoms in total. The Hall–Kier alpha value is -3.80. The Balaban J connectivity index is 1.66. The number of hydrogen-bond donors (Lipinski definition) is 1. The quantitative estimate of drug-likeness (QED) is 0.350. The summed E-state index contributed by atoms with van der Waals surface area (Å²) < 4.78 is 13.3. The van der Waals surface area contributed by atoms with Gasteiger partial charge in [0.1, 0.15) is 0 Å². The average molecular weight is 456 g/mol. The minimum Gasteiger partial charge on any atom is -0.454 e. The number of ether oxygens (including phenoxy) is 2. The van der Waals surface area contributed by atoms with Gasteiger partial charge in [-0.25, -0.2) is 4.98 Å². The SMILES string of the molecule is CCCCCc1c(-c2ccc3ccccc3n2)c(C(N)=O)c(C)n1Cc1ccc2c(c1)OCO2. The van der Waals surface area contributed by atoms with Crippen molar-refractivity contribution in [1.82, 2.24) is 9.55 Å². The lowest BCUT2D eigenvalue weighted by Gasteiger charge is -2.14. The lowest BCUT2D eigenvalue weighted by Crippen LogP contribution is -2.14. The molecule has 0 atom stereocenters. The first-order valence-corrected chi connectivity index (χ1v) is 11.8. The van der Waals surface area contributed by atoms with Gasteiger partial charge >= 0.3 is 0 Å². The Morgan fingerprint density at radius 1 is 1.06 bits per heavy atom. The summed E-state index contributed by atoms with van der Waals surface area (Å²) in [6.07, 6.45) is 4.11. The molecule has 0 bridgehead atoms. The molecule has 34 heavy (non-hydrogen) atoms. The van der Waals surface area contributed by atoms with E-state index < -0.39 is 5.91 Å². The van der Waals surface area contributed by atoms with Crippen LogP contribution in [0.4, 0.5) is 0 Å². The molecule has 2 aromatic carbocycles. The molecule has 0 radical (unpaired) electrons. The van der Waals surface area contributed by atoms with Gasteiger partial charge in [-0.15, -0.1) is 0 Å². The number of rotatable bonds is 8. The van der Waals surface area contributed by atoms with Crippen molar-refractivity contribution in [3.05, 3.63) is 77.1 Å². The molecule has 2 aromatic heterocycles. The van der Waals surface area contributed by atoms with E-state index in [0.29, 0.717) is 12.1 Å². The van der Waals surface area contributed by atoms with Gasteiger partial charge in [-0.3, -0.25) is 4.79 Å². The molecule has 174 valence electrons. The summed E-state index contributed by atoms with van der Waals surface area (Å²) in [5, 5.41) is 1.07. The fourth-order valence-corrected chi connectivity index (χ4v) is 4.82. The Bertz CT molecular complexity index is 1370. The zero-order chi connectivity index (χ0) is 23.7. The van der Waals surface area contributed by atoms with E-state index in [1.807, 2.05) is 55.5 Å². The summed E-state index contributed by atoms with van der Waals surface area (Å²) in [6.45, 7) is 5.02. The summed E-state index contributed by atoms with van der Waals surface area (Å²) in [4.78, 5) is 17.7. The number of hydrogen-bond acceptors (Lipinski definition) is 4. The summed E-state index contributed by atoms with van der Waals surface area (Å²) in [5.74, 6) is 1.08. The van der Waals surface area contributed by atoms with Crippen LogP contribution in [0.2, 0.25) is 0 Å². The predicted molar refractivity (Wildman–Crippen MR) is 133 cm³/mol. The van der Waals surface area contributed by atoms with Crippen LogP contribution < -0.4 is 15.2 Å². The fourth-order valence-electron chi connectivity index (χ4n) is 4.82. The highest BCUT2D eigenvalue weighted by atomic mass is 16.7. The summed E-state index contributed by atoms with van der Waals surface area (Å²) in [7, 11) is 0. The van der Waals surface area contributed by atoms with Crippen LogP contribution in [-0.4, -0.2) is 22.3 Å². The zero-order valence-corrected chi connectivity index (χ0v) is 19.6. The smallest absolute Gasteiger partial charge is 0.251 e. The van der Waals surface area contributed by atoms with Crippen molar-refractivity contribution in [2.75, 3.05) is 6.79 Å². The molecule has 0 saturated heterocycles.